The molecule has 8 nitrogen and oxygen atoms in total. The van der Waals surface area contributed by atoms with Crippen LogP contribution < -0.4 is 9.05 Å². The van der Waals surface area contributed by atoms with Crippen LogP contribution >= 0.6 is 46.3 Å². The molecule has 0 saturated carbocycles. The van der Waals surface area contributed by atoms with E-state index in [1.54, 1.807) is 18.2 Å². The number of quaternary nitrogens is 1. The Morgan fingerprint density at radius 3 is 2.50 bits per heavy atom. The molecular formula is C24H24Cl2N2O6S4+2. The van der Waals surface area contributed by atoms with Gasteiger partial charge in [-0.25, -0.2) is 4.48 Å². The summed E-state index contributed by atoms with van der Waals surface area (Å²) in [6, 6.07) is 10.9. The maximum Gasteiger partial charge on any atom is 0.320 e. The van der Waals surface area contributed by atoms with E-state index >= 15 is 0 Å². The van der Waals surface area contributed by atoms with Crippen molar-refractivity contribution in [1.82, 2.24) is 4.48 Å². The number of fused-ring (bicyclic) bond motifs is 3. The number of halogens is 2. The lowest BCUT2D eigenvalue weighted by Gasteiger charge is -2.47. The molecule has 1 spiro atoms. The van der Waals surface area contributed by atoms with Crippen molar-refractivity contribution in [3.63, 3.8) is 0 Å². The molecule has 0 aliphatic carbocycles. The van der Waals surface area contributed by atoms with Gasteiger partial charge in [0.25, 0.3) is 15.1 Å². The zero-order chi connectivity index (χ0) is 27.5. The standard InChI is InChI=1S/C24H22Cl2N2O6S4/c1-15(11-22-27(8-2-10-37(29,30)31)18-13-16(25)3-5-20(18)35-22)12-23-28(9-7-24(28)38(32,33)34)19-14-17(26)4-6-21(19)36-23/h3-6,11-14,24H,2,7-10H2,1H3/p+2. The molecule has 14 heteroatoms. The Hall–Kier alpha value is -1.48. The second kappa shape index (κ2) is 10.2. The molecule has 2 aromatic carbocycles. The van der Waals surface area contributed by atoms with Gasteiger partial charge in [0.15, 0.2) is 17.3 Å². The smallest absolute Gasteiger partial charge is 0.286 e. The molecule has 0 bridgehead atoms. The fourth-order valence-corrected chi connectivity index (χ4v) is 9.67. The lowest BCUT2D eigenvalue weighted by atomic mass is 10.1. The van der Waals surface area contributed by atoms with E-state index in [1.165, 1.54) is 23.1 Å². The minimum Gasteiger partial charge on any atom is -0.286 e. The normalized spacial score (nSPS) is 22.8. The highest BCUT2D eigenvalue weighted by atomic mass is 35.5. The first-order chi connectivity index (χ1) is 17.8. The summed E-state index contributed by atoms with van der Waals surface area (Å²) in [7, 11) is -8.41. The molecule has 2 aliphatic heterocycles. The zero-order valence-corrected chi connectivity index (χ0v) is 24.8. The first kappa shape index (κ1) is 28.1. The Morgan fingerprint density at radius 2 is 1.84 bits per heavy atom. The van der Waals surface area contributed by atoms with Crippen LogP contribution in [0.2, 0.25) is 10.0 Å². The van der Waals surface area contributed by atoms with Crippen LogP contribution in [0.15, 0.2) is 58.0 Å². The van der Waals surface area contributed by atoms with Crippen LogP contribution in [0.3, 0.4) is 0 Å². The number of allylic oxidation sites excluding steroid dienone is 2. The Bertz CT molecular complexity index is 1730. The monoisotopic (exact) mass is 634 g/mol. The van der Waals surface area contributed by atoms with Gasteiger partial charge in [0.1, 0.15) is 4.70 Å². The van der Waals surface area contributed by atoms with E-state index in [0.29, 0.717) is 29.6 Å². The van der Waals surface area contributed by atoms with Crippen LogP contribution in [-0.4, -0.2) is 43.6 Å². The summed E-state index contributed by atoms with van der Waals surface area (Å²) >= 11 is 15.5. The molecule has 1 saturated heterocycles. The number of benzene rings is 2. The Kier molecular flexibility index (Phi) is 7.51. The lowest BCUT2D eigenvalue weighted by Crippen LogP contribution is -2.66. The van der Waals surface area contributed by atoms with Crippen molar-refractivity contribution in [2.24, 2.45) is 0 Å². The molecule has 2 unspecified atom stereocenters. The fraction of sp³-hybridized carbons (Fsp3) is 0.292. The number of aromatic nitrogens is 1. The second-order valence-corrected chi connectivity index (χ2v) is 15.4. The van der Waals surface area contributed by atoms with Gasteiger partial charge < -0.3 is 0 Å². The molecule has 2 N–H and O–H groups in total. The number of hydrogen-bond acceptors (Lipinski definition) is 6. The maximum absolute atomic E-state index is 12.3. The molecule has 202 valence electrons. The number of thiazole rings is 1. The third-order valence-corrected chi connectivity index (χ3v) is 11.6. The van der Waals surface area contributed by atoms with Crippen LogP contribution in [-0.2, 0) is 26.8 Å². The van der Waals surface area contributed by atoms with Crippen LogP contribution in [0.25, 0.3) is 16.3 Å². The Labute approximate surface area is 239 Å². The van der Waals surface area contributed by atoms with Gasteiger partial charge in [0.05, 0.1) is 23.6 Å². The van der Waals surface area contributed by atoms with Crippen LogP contribution in [0.4, 0.5) is 5.69 Å². The van der Waals surface area contributed by atoms with Crippen LogP contribution in [0, 0.1) is 0 Å². The van der Waals surface area contributed by atoms with Crippen LogP contribution in [0.1, 0.15) is 24.8 Å². The number of hydrogen-bond donors (Lipinski definition) is 2. The number of aryl methyl sites for hydroxylation is 1. The molecule has 3 heterocycles. The van der Waals surface area contributed by atoms with Gasteiger partial charge in [-0.2, -0.15) is 21.4 Å². The van der Waals surface area contributed by atoms with Crippen molar-refractivity contribution in [1.29, 1.82) is 0 Å². The number of nitrogens with zero attached hydrogens (tertiary/aromatic N) is 2. The summed E-state index contributed by atoms with van der Waals surface area (Å²) < 4.78 is 69.3. The van der Waals surface area contributed by atoms with E-state index in [9.17, 15) is 25.9 Å². The first-order valence-electron chi connectivity index (χ1n) is 11.6. The summed E-state index contributed by atoms with van der Waals surface area (Å²) in [6.07, 6.45) is 4.42. The minimum absolute atomic E-state index is 0.000949. The highest BCUT2D eigenvalue weighted by Gasteiger charge is 2.61. The Balaban J connectivity index is 1.57. The molecule has 0 amide bonds. The van der Waals surface area contributed by atoms with E-state index in [1.807, 2.05) is 41.8 Å². The molecule has 5 rings (SSSR count). The minimum atomic E-state index is -4.32. The van der Waals surface area contributed by atoms with Crippen molar-refractivity contribution in [3.05, 3.63) is 68.1 Å². The average Bonchev–Trinajstić information content (AvgIpc) is 3.26. The molecular weight excluding hydrogens is 611 g/mol. The SMILES string of the molecule is CC(=Cc1sc2ccc(Cl)cc2[n+]1CCCS(=O)(=O)O)C=C1Sc2ccc(Cl)cc2[N+]12CCC2S(=O)(=O)O. The largest absolute Gasteiger partial charge is 0.320 e. The van der Waals surface area contributed by atoms with Gasteiger partial charge in [-0.05, 0) is 48.5 Å². The van der Waals surface area contributed by atoms with Gasteiger partial charge >= 0.3 is 10.1 Å². The third kappa shape index (κ3) is 5.30. The number of rotatable bonds is 7. The van der Waals surface area contributed by atoms with E-state index in [2.05, 4.69) is 0 Å². The van der Waals surface area contributed by atoms with Crippen molar-refractivity contribution < 1.29 is 30.5 Å². The van der Waals surface area contributed by atoms with E-state index < -0.39 is 25.6 Å². The number of thioether (sulfide) groups is 1. The first-order valence-corrected chi connectivity index (χ1v) is 17.1. The Morgan fingerprint density at radius 1 is 1.13 bits per heavy atom. The molecule has 3 aromatic rings. The summed E-state index contributed by atoms with van der Waals surface area (Å²) in [5.74, 6) is -0.363. The van der Waals surface area contributed by atoms with Crippen molar-refractivity contribution in [2.75, 3.05) is 12.3 Å². The quantitative estimate of drug-likeness (QED) is 0.193. The molecule has 2 aliphatic rings. The lowest BCUT2D eigenvalue weighted by molar-refractivity contribution is -0.668. The predicted molar refractivity (Wildman–Crippen MR) is 154 cm³/mol. The second-order valence-electron chi connectivity index (χ2n) is 9.28. The van der Waals surface area contributed by atoms with E-state index in [-0.39, 0.29) is 16.7 Å². The summed E-state index contributed by atoms with van der Waals surface area (Å²) in [5, 5.41) is 1.65. The highest BCUT2D eigenvalue weighted by Crippen LogP contribution is 2.58. The predicted octanol–water partition coefficient (Wildman–Crippen LogP) is 5.75. The van der Waals surface area contributed by atoms with Crippen molar-refractivity contribution in [2.45, 2.75) is 36.6 Å². The molecule has 1 aromatic heterocycles. The molecule has 38 heavy (non-hydrogen) atoms. The average molecular weight is 636 g/mol. The van der Waals surface area contributed by atoms with Gasteiger partial charge in [0, 0.05) is 40.8 Å². The van der Waals surface area contributed by atoms with Gasteiger partial charge in [-0.15, -0.1) is 0 Å². The van der Waals surface area contributed by atoms with Crippen LogP contribution in [0.5, 0.6) is 0 Å². The van der Waals surface area contributed by atoms with Crippen molar-refractivity contribution >= 4 is 88.5 Å². The maximum atomic E-state index is 12.3. The van der Waals surface area contributed by atoms with Gasteiger partial charge in [-0.3, -0.25) is 9.11 Å². The van der Waals surface area contributed by atoms with Gasteiger partial charge in [0.2, 0.25) is 10.9 Å². The zero-order valence-electron chi connectivity index (χ0n) is 20.0. The van der Waals surface area contributed by atoms with Gasteiger partial charge in [-0.1, -0.05) is 34.5 Å². The van der Waals surface area contributed by atoms with E-state index in [0.717, 1.165) is 36.4 Å². The fourth-order valence-electron chi connectivity index (χ4n) is 4.99. The molecule has 1 fully saturated rings. The van der Waals surface area contributed by atoms with Crippen molar-refractivity contribution in [3.8, 4) is 0 Å². The summed E-state index contributed by atoms with van der Waals surface area (Å²) in [5.41, 5.74) is 2.44. The summed E-state index contributed by atoms with van der Waals surface area (Å²) in [4.78, 5) is 0.888. The summed E-state index contributed by atoms with van der Waals surface area (Å²) in [6.45, 7) is 2.77. The topological polar surface area (TPSA) is 113 Å². The van der Waals surface area contributed by atoms with E-state index in [4.69, 9.17) is 23.2 Å². The third-order valence-electron chi connectivity index (χ3n) is 6.70. The molecule has 2 atom stereocenters. The highest BCUT2D eigenvalue weighted by molar-refractivity contribution is 8.03. The molecule has 0 radical (unpaired) electrons.